The number of methoxy groups -OCH3 is 1. The maximum absolute atomic E-state index is 12.1. The molecule has 0 aromatic heterocycles. The summed E-state index contributed by atoms with van der Waals surface area (Å²) in [6.45, 7) is 4.04. The van der Waals surface area contributed by atoms with Gasteiger partial charge in [0.15, 0.2) is 0 Å². The molecule has 2 aromatic carbocycles. The van der Waals surface area contributed by atoms with Crippen molar-refractivity contribution in [3.8, 4) is 11.5 Å². The third-order valence-electron chi connectivity index (χ3n) is 2.81. The second kappa shape index (κ2) is 7.14. The highest BCUT2D eigenvalue weighted by Crippen LogP contribution is 2.18. The SMILES string of the molecule is C=CCOc1ccc(NC(=O)c2cccc(OC)c2)cc1. The second-order valence-electron chi connectivity index (χ2n) is 4.31. The van der Waals surface area contributed by atoms with Gasteiger partial charge in [-0.1, -0.05) is 18.7 Å². The van der Waals surface area contributed by atoms with E-state index in [1.807, 2.05) is 0 Å². The summed E-state index contributed by atoms with van der Waals surface area (Å²) in [7, 11) is 1.57. The molecule has 21 heavy (non-hydrogen) atoms. The van der Waals surface area contributed by atoms with Crippen LogP contribution in [0.4, 0.5) is 5.69 Å². The first kappa shape index (κ1) is 14.7. The van der Waals surface area contributed by atoms with E-state index in [9.17, 15) is 4.79 Å². The second-order valence-corrected chi connectivity index (χ2v) is 4.31. The van der Waals surface area contributed by atoms with Crippen LogP contribution in [-0.4, -0.2) is 19.6 Å². The Hall–Kier alpha value is -2.75. The molecule has 2 rings (SSSR count). The van der Waals surface area contributed by atoms with Crippen molar-refractivity contribution in [2.45, 2.75) is 0 Å². The summed E-state index contributed by atoms with van der Waals surface area (Å²) in [4.78, 5) is 12.1. The Morgan fingerprint density at radius 1 is 1.19 bits per heavy atom. The van der Waals surface area contributed by atoms with Crippen LogP contribution in [0, 0.1) is 0 Å². The van der Waals surface area contributed by atoms with E-state index in [4.69, 9.17) is 9.47 Å². The third-order valence-corrected chi connectivity index (χ3v) is 2.81. The summed E-state index contributed by atoms with van der Waals surface area (Å²) in [5.41, 5.74) is 1.25. The highest BCUT2D eigenvalue weighted by molar-refractivity contribution is 6.04. The van der Waals surface area contributed by atoms with E-state index in [1.54, 1.807) is 61.7 Å². The normalized spacial score (nSPS) is 9.76. The Bertz CT molecular complexity index is 620. The largest absolute Gasteiger partial charge is 0.497 e. The first-order valence-electron chi connectivity index (χ1n) is 6.52. The zero-order chi connectivity index (χ0) is 15.1. The zero-order valence-corrected chi connectivity index (χ0v) is 11.8. The van der Waals surface area contributed by atoms with Crippen molar-refractivity contribution >= 4 is 11.6 Å². The topological polar surface area (TPSA) is 47.6 Å². The van der Waals surface area contributed by atoms with Gasteiger partial charge in [-0.25, -0.2) is 0 Å². The molecular weight excluding hydrogens is 266 g/mol. The fourth-order valence-electron chi connectivity index (χ4n) is 1.76. The lowest BCUT2D eigenvalue weighted by Crippen LogP contribution is -2.11. The van der Waals surface area contributed by atoms with Crippen molar-refractivity contribution in [1.29, 1.82) is 0 Å². The van der Waals surface area contributed by atoms with Gasteiger partial charge in [0.05, 0.1) is 7.11 Å². The van der Waals surface area contributed by atoms with Crippen LogP contribution >= 0.6 is 0 Å². The molecule has 0 atom stereocenters. The molecule has 4 nitrogen and oxygen atoms in total. The van der Waals surface area contributed by atoms with Crippen molar-refractivity contribution in [3.63, 3.8) is 0 Å². The molecule has 0 aliphatic rings. The molecule has 2 aromatic rings. The molecule has 1 N–H and O–H groups in total. The van der Waals surface area contributed by atoms with Crippen molar-refractivity contribution in [2.24, 2.45) is 0 Å². The van der Waals surface area contributed by atoms with Crippen LogP contribution in [0.25, 0.3) is 0 Å². The molecule has 0 heterocycles. The monoisotopic (exact) mass is 283 g/mol. The van der Waals surface area contributed by atoms with Gasteiger partial charge >= 0.3 is 0 Å². The van der Waals surface area contributed by atoms with E-state index in [-0.39, 0.29) is 5.91 Å². The van der Waals surface area contributed by atoms with Crippen molar-refractivity contribution in [1.82, 2.24) is 0 Å². The van der Waals surface area contributed by atoms with E-state index in [0.29, 0.717) is 23.6 Å². The Kier molecular flexibility index (Phi) is 4.99. The van der Waals surface area contributed by atoms with E-state index in [0.717, 1.165) is 5.75 Å². The quantitative estimate of drug-likeness (QED) is 0.825. The molecular formula is C17H17NO3. The van der Waals surface area contributed by atoms with E-state index >= 15 is 0 Å². The summed E-state index contributed by atoms with van der Waals surface area (Å²) in [6, 6.07) is 14.2. The molecule has 0 unspecified atom stereocenters. The number of hydrogen-bond acceptors (Lipinski definition) is 3. The lowest BCUT2D eigenvalue weighted by Gasteiger charge is -2.08. The molecule has 0 aliphatic heterocycles. The highest BCUT2D eigenvalue weighted by atomic mass is 16.5. The number of carbonyl (C=O) groups is 1. The Balaban J connectivity index is 2.03. The average Bonchev–Trinajstić information content (AvgIpc) is 2.54. The Morgan fingerprint density at radius 2 is 1.95 bits per heavy atom. The molecule has 0 bridgehead atoms. The molecule has 0 saturated heterocycles. The number of benzene rings is 2. The zero-order valence-electron chi connectivity index (χ0n) is 11.8. The Labute approximate surface area is 124 Å². The van der Waals surface area contributed by atoms with Crippen LogP contribution < -0.4 is 14.8 Å². The fourth-order valence-corrected chi connectivity index (χ4v) is 1.76. The summed E-state index contributed by atoms with van der Waals surface area (Å²) >= 11 is 0. The minimum Gasteiger partial charge on any atom is -0.497 e. The minimum absolute atomic E-state index is 0.186. The number of nitrogens with one attached hydrogen (secondary N) is 1. The number of rotatable bonds is 6. The summed E-state index contributed by atoms with van der Waals surface area (Å²) in [6.07, 6.45) is 1.68. The number of hydrogen-bond donors (Lipinski definition) is 1. The molecule has 1 amide bonds. The van der Waals surface area contributed by atoms with E-state index in [1.165, 1.54) is 0 Å². The molecule has 4 heteroatoms. The number of carbonyl (C=O) groups excluding carboxylic acids is 1. The smallest absolute Gasteiger partial charge is 0.255 e. The number of amides is 1. The summed E-state index contributed by atoms with van der Waals surface area (Å²) in [5.74, 6) is 1.19. The maximum atomic E-state index is 12.1. The van der Waals surface area contributed by atoms with Gasteiger partial charge in [-0.3, -0.25) is 4.79 Å². The van der Waals surface area contributed by atoms with Crippen LogP contribution in [0.3, 0.4) is 0 Å². The lowest BCUT2D eigenvalue weighted by atomic mass is 10.2. The van der Waals surface area contributed by atoms with Gasteiger partial charge in [-0.2, -0.15) is 0 Å². The van der Waals surface area contributed by atoms with Crippen molar-refractivity contribution in [3.05, 3.63) is 66.7 Å². The minimum atomic E-state index is -0.186. The van der Waals surface area contributed by atoms with E-state index < -0.39 is 0 Å². The van der Waals surface area contributed by atoms with Crippen molar-refractivity contribution < 1.29 is 14.3 Å². The van der Waals surface area contributed by atoms with Crippen molar-refractivity contribution in [2.75, 3.05) is 19.0 Å². The van der Waals surface area contributed by atoms with Gasteiger partial charge in [0.1, 0.15) is 18.1 Å². The average molecular weight is 283 g/mol. The van der Waals surface area contributed by atoms with Crippen LogP contribution in [0.2, 0.25) is 0 Å². The van der Waals surface area contributed by atoms with Crippen LogP contribution in [0.1, 0.15) is 10.4 Å². The molecule has 0 spiro atoms. The number of anilines is 1. The van der Waals surface area contributed by atoms with Gasteiger partial charge in [0.2, 0.25) is 0 Å². The standard InChI is InChI=1S/C17H17NO3/c1-3-11-21-15-9-7-14(8-10-15)18-17(19)13-5-4-6-16(12-13)20-2/h3-10,12H,1,11H2,2H3,(H,18,19). The molecule has 108 valence electrons. The van der Waals surface area contributed by atoms with Gasteiger partial charge in [0, 0.05) is 11.3 Å². The molecule has 0 aliphatic carbocycles. The van der Waals surface area contributed by atoms with Crippen LogP contribution in [0.5, 0.6) is 11.5 Å². The third kappa shape index (κ3) is 4.11. The van der Waals surface area contributed by atoms with Crippen LogP contribution in [0.15, 0.2) is 61.2 Å². The van der Waals surface area contributed by atoms with Gasteiger partial charge < -0.3 is 14.8 Å². The molecule has 0 radical (unpaired) electrons. The highest BCUT2D eigenvalue weighted by Gasteiger charge is 2.07. The first-order valence-corrected chi connectivity index (χ1v) is 6.52. The van der Waals surface area contributed by atoms with Crippen LogP contribution in [-0.2, 0) is 0 Å². The van der Waals surface area contributed by atoms with Gasteiger partial charge in [0.25, 0.3) is 5.91 Å². The predicted molar refractivity (Wildman–Crippen MR) is 83.1 cm³/mol. The maximum Gasteiger partial charge on any atom is 0.255 e. The predicted octanol–water partition coefficient (Wildman–Crippen LogP) is 3.51. The summed E-state index contributed by atoms with van der Waals surface area (Å²) in [5, 5.41) is 2.82. The molecule has 0 fully saturated rings. The lowest BCUT2D eigenvalue weighted by molar-refractivity contribution is 0.102. The summed E-state index contributed by atoms with van der Waals surface area (Å²) < 4.78 is 10.5. The number of ether oxygens (including phenoxy) is 2. The van der Waals surface area contributed by atoms with E-state index in [2.05, 4.69) is 11.9 Å². The molecule has 0 saturated carbocycles. The Morgan fingerprint density at radius 3 is 2.62 bits per heavy atom. The van der Waals surface area contributed by atoms with Gasteiger partial charge in [-0.05, 0) is 42.5 Å². The first-order chi connectivity index (χ1) is 10.2. The fraction of sp³-hybridized carbons (Fsp3) is 0.118. The van der Waals surface area contributed by atoms with Gasteiger partial charge in [-0.15, -0.1) is 0 Å².